The first-order valence-electron chi connectivity index (χ1n) is 3.50. The molecule has 0 bridgehead atoms. The maximum atomic E-state index is 9.11. The Hall–Kier alpha value is -1.44. The second-order valence-corrected chi connectivity index (χ2v) is 2.49. The van der Waals surface area contributed by atoms with E-state index in [-0.39, 0.29) is 0 Å². The van der Waals surface area contributed by atoms with Gasteiger partial charge in [-0.1, -0.05) is 0 Å². The van der Waals surface area contributed by atoms with E-state index >= 15 is 0 Å². The Morgan fingerprint density at radius 3 is 3.18 bits per heavy atom. The zero-order chi connectivity index (χ0) is 7.68. The molecule has 1 aromatic rings. The zero-order valence-electron chi connectivity index (χ0n) is 5.95. The first-order valence-corrected chi connectivity index (χ1v) is 3.50. The Morgan fingerprint density at radius 1 is 1.36 bits per heavy atom. The largest absolute Gasteiger partial charge is 0.508 e. The van der Waals surface area contributed by atoms with Crippen LogP contribution in [0.3, 0.4) is 0 Å². The van der Waals surface area contributed by atoms with E-state index in [2.05, 4.69) is 0 Å². The van der Waals surface area contributed by atoms with Gasteiger partial charge in [-0.25, -0.2) is 0 Å². The van der Waals surface area contributed by atoms with E-state index in [0.717, 1.165) is 17.7 Å². The Kier molecular flexibility index (Phi) is 1.32. The number of phenolic OH excluding ortho intramolecular Hbond substituents is 1. The molecule has 1 N–H and O–H groups in total. The predicted octanol–water partition coefficient (Wildman–Crippen LogP) is 1.84. The van der Waals surface area contributed by atoms with Crippen molar-refractivity contribution in [3.05, 3.63) is 36.1 Å². The summed E-state index contributed by atoms with van der Waals surface area (Å²) in [7, 11) is 0. The fourth-order valence-corrected chi connectivity index (χ4v) is 1.14. The third kappa shape index (κ3) is 1.07. The topological polar surface area (TPSA) is 29.5 Å². The van der Waals surface area contributed by atoms with Crippen molar-refractivity contribution in [2.24, 2.45) is 0 Å². The standard InChI is InChI=1S/C9H8O2/c10-8-3-4-9-7(6-8)2-1-5-11-9/h1,3-6,10H,2H2. The summed E-state index contributed by atoms with van der Waals surface area (Å²) in [5.41, 5.74) is 1.03. The minimum absolute atomic E-state index is 0.294. The zero-order valence-corrected chi connectivity index (χ0v) is 5.95. The number of ether oxygens (including phenoxy) is 1. The normalized spacial score (nSPS) is 13.8. The molecule has 0 radical (unpaired) electrons. The average molecular weight is 148 g/mol. The van der Waals surface area contributed by atoms with E-state index in [9.17, 15) is 0 Å². The quantitative estimate of drug-likeness (QED) is 0.608. The maximum Gasteiger partial charge on any atom is 0.130 e. The number of hydrogen-bond acceptors (Lipinski definition) is 2. The van der Waals surface area contributed by atoms with Gasteiger partial charge in [0.2, 0.25) is 0 Å². The summed E-state index contributed by atoms with van der Waals surface area (Å²) in [5, 5.41) is 9.11. The molecule has 56 valence electrons. The fraction of sp³-hybridized carbons (Fsp3) is 0.111. The summed E-state index contributed by atoms with van der Waals surface area (Å²) in [4.78, 5) is 0. The van der Waals surface area contributed by atoms with Crippen molar-refractivity contribution in [2.75, 3.05) is 0 Å². The van der Waals surface area contributed by atoms with Crippen LogP contribution >= 0.6 is 0 Å². The van der Waals surface area contributed by atoms with Gasteiger partial charge in [-0.05, 0) is 30.7 Å². The highest BCUT2D eigenvalue weighted by Gasteiger charge is 2.05. The minimum atomic E-state index is 0.294. The third-order valence-corrected chi connectivity index (χ3v) is 1.67. The van der Waals surface area contributed by atoms with Crippen LogP contribution in [0.15, 0.2) is 30.5 Å². The van der Waals surface area contributed by atoms with Crippen LogP contribution in [-0.4, -0.2) is 5.11 Å². The summed E-state index contributed by atoms with van der Waals surface area (Å²) in [6, 6.07) is 5.12. The molecule has 2 nitrogen and oxygen atoms in total. The van der Waals surface area contributed by atoms with Gasteiger partial charge >= 0.3 is 0 Å². The molecule has 0 atom stereocenters. The summed E-state index contributed by atoms with van der Waals surface area (Å²) in [6.07, 6.45) is 4.42. The predicted molar refractivity (Wildman–Crippen MR) is 41.6 cm³/mol. The van der Waals surface area contributed by atoms with E-state index in [4.69, 9.17) is 9.84 Å². The molecule has 1 aliphatic rings. The summed E-state index contributed by atoms with van der Waals surface area (Å²) >= 11 is 0. The SMILES string of the molecule is Oc1ccc2c(c1)CC=CO2. The summed E-state index contributed by atoms with van der Waals surface area (Å²) in [6.45, 7) is 0. The molecular weight excluding hydrogens is 140 g/mol. The minimum Gasteiger partial charge on any atom is -0.508 e. The molecule has 2 heteroatoms. The van der Waals surface area contributed by atoms with Gasteiger partial charge in [0.1, 0.15) is 11.5 Å². The van der Waals surface area contributed by atoms with E-state index < -0.39 is 0 Å². The first kappa shape index (κ1) is 6.28. The monoisotopic (exact) mass is 148 g/mol. The van der Waals surface area contributed by atoms with E-state index in [1.54, 1.807) is 24.5 Å². The molecule has 1 heterocycles. The van der Waals surface area contributed by atoms with Gasteiger partial charge in [-0.2, -0.15) is 0 Å². The van der Waals surface area contributed by atoms with Crippen LogP contribution in [0.2, 0.25) is 0 Å². The Labute approximate surface area is 64.7 Å². The van der Waals surface area contributed by atoms with Crippen molar-refractivity contribution in [3.63, 3.8) is 0 Å². The molecule has 0 saturated carbocycles. The summed E-state index contributed by atoms with van der Waals surface area (Å²) in [5.74, 6) is 1.13. The molecule has 2 rings (SSSR count). The van der Waals surface area contributed by atoms with E-state index in [0.29, 0.717) is 5.75 Å². The molecule has 11 heavy (non-hydrogen) atoms. The molecule has 0 unspecified atom stereocenters. The lowest BCUT2D eigenvalue weighted by Crippen LogP contribution is -1.94. The molecule has 0 aromatic heterocycles. The van der Waals surface area contributed by atoms with Gasteiger partial charge < -0.3 is 9.84 Å². The van der Waals surface area contributed by atoms with Crippen molar-refractivity contribution < 1.29 is 9.84 Å². The Morgan fingerprint density at radius 2 is 2.27 bits per heavy atom. The van der Waals surface area contributed by atoms with Gasteiger partial charge in [-0.15, -0.1) is 0 Å². The molecule has 0 saturated heterocycles. The Bertz CT molecular complexity index is 302. The fourth-order valence-electron chi connectivity index (χ4n) is 1.14. The van der Waals surface area contributed by atoms with Crippen molar-refractivity contribution in [3.8, 4) is 11.5 Å². The van der Waals surface area contributed by atoms with Crippen LogP contribution < -0.4 is 4.74 Å². The lowest BCUT2D eigenvalue weighted by molar-refractivity contribution is 0.452. The number of aromatic hydroxyl groups is 1. The van der Waals surface area contributed by atoms with Gasteiger partial charge in [-0.3, -0.25) is 0 Å². The van der Waals surface area contributed by atoms with Crippen molar-refractivity contribution in [1.82, 2.24) is 0 Å². The number of allylic oxidation sites excluding steroid dienone is 1. The lowest BCUT2D eigenvalue weighted by Gasteiger charge is -2.10. The van der Waals surface area contributed by atoms with Gasteiger partial charge in [0.15, 0.2) is 0 Å². The Balaban J connectivity index is 2.48. The van der Waals surface area contributed by atoms with Gasteiger partial charge in [0, 0.05) is 5.56 Å². The second kappa shape index (κ2) is 2.31. The van der Waals surface area contributed by atoms with Crippen molar-refractivity contribution in [2.45, 2.75) is 6.42 Å². The number of fused-ring (bicyclic) bond motifs is 1. The maximum absolute atomic E-state index is 9.11. The first-order chi connectivity index (χ1) is 5.36. The molecule has 0 aliphatic carbocycles. The molecular formula is C9H8O2. The molecule has 1 aromatic carbocycles. The highest BCUT2D eigenvalue weighted by Crippen LogP contribution is 2.26. The van der Waals surface area contributed by atoms with Crippen LogP contribution in [0.4, 0.5) is 0 Å². The van der Waals surface area contributed by atoms with Crippen LogP contribution in [-0.2, 0) is 6.42 Å². The van der Waals surface area contributed by atoms with Crippen LogP contribution in [0, 0.1) is 0 Å². The van der Waals surface area contributed by atoms with E-state index in [1.807, 2.05) is 6.08 Å². The highest BCUT2D eigenvalue weighted by molar-refractivity contribution is 5.42. The second-order valence-electron chi connectivity index (χ2n) is 2.49. The molecule has 0 amide bonds. The average Bonchev–Trinajstić information content (AvgIpc) is 2.04. The number of rotatable bonds is 0. The van der Waals surface area contributed by atoms with Crippen LogP contribution in [0.25, 0.3) is 0 Å². The van der Waals surface area contributed by atoms with Crippen molar-refractivity contribution >= 4 is 0 Å². The van der Waals surface area contributed by atoms with Crippen LogP contribution in [0.1, 0.15) is 5.56 Å². The third-order valence-electron chi connectivity index (χ3n) is 1.67. The van der Waals surface area contributed by atoms with Crippen LogP contribution in [0.5, 0.6) is 11.5 Å². The van der Waals surface area contributed by atoms with Crippen molar-refractivity contribution in [1.29, 1.82) is 0 Å². The molecule has 0 spiro atoms. The molecule has 1 aliphatic heterocycles. The lowest BCUT2D eigenvalue weighted by atomic mass is 10.1. The van der Waals surface area contributed by atoms with Gasteiger partial charge in [0.05, 0.1) is 6.26 Å². The summed E-state index contributed by atoms with van der Waals surface area (Å²) < 4.78 is 5.19. The highest BCUT2D eigenvalue weighted by atomic mass is 16.5. The molecule has 0 fully saturated rings. The smallest absolute Gasteiger partial charge is 0.130 e. The van der Waals surface area contributed by atoms with E-state index in [1.165, 1.54) is 0 Å². The van der Waals surface area contributed by atoms with Gasteiger partial charge in [0.25, 0.3) is 0 Å². The number of phenols is 1. The number of benzene rings is 1. The number of hydrogen-bond donors (Lipinski definition) is 1.